The zero-order valence-electron chi connectivity index (χ0n) is 18.3. The van der Waals surface area contributed by atoms with E-state index in [0.29, 0.717) is 0 Å². The van der Waals surface area contributed by atoms with E-state index in [2.05, 4.69) is 69.4 Å². The summed E-state index contributed by atoms with van der Waals surface area (Å²) < 4.78 is 5.42. The normalized spacial score (nSPS) is 19.1. The van der Waals surface area contributed by atoms with Crippen molar-refractivity contribution in [3.8, 4) is 0 Å². The van der Waals surface area contributed by atoms with Crippen LogP contribution in [0.4, 0.5) is 0 Å². The first-order valence-electron chi connectivity index (χ1n) is 11.1. The number of morpholine rings is 1. The Hall–Kier alpha value is -1.16. The van der Waals surface area contributed by atoms with Gasteiger partial charge in [0.25, 0.3) is 0 Å². The number of guanidine groups is 1. The van der Waals surface area contributed by atoms with E-state index in [1.165, 1.54) is 5.56 Å². The van der Waals surface area contributed by atoms with Crippen LogP contribution in [0.1, 0.15) is 18.9 Å². The van der Waals surface area contributed by atoms with Gasteiger partial charge in [-0.3, -0.25) is 14.8 Å². The minimum absolute atomic E-state index is 0. The minimum atomic E-state index is 0. The van der Waals surface area contributed by atoms with Crippen molar-refractivity contribution in [2.45, 2.75) is 13.3 Å². The Morgan fingerprint density at radius 2 is 1.77 bits per heavy atom. The van der Waals surface area contributed by atoms with Gasteiger partial charge in [-0.1, -0.05) is 42.5 Å². The summed E-state index contributed by atoms with van der Waals surface area (Å²) in [5, 5.41) is 3.48. The van der Waals surface area contributed by atoms with Crippen LogP contribution in [0.3, 0.4) is 0 Å². The molecule has 30 heavy (non-hydrogen) atoms. The molecule has 1 aromatic carbocycles. The van der Waals surface area contributed by atoms with Crippen molar-refractivity contribution >= 4 is 36.0 Å². The van der Waals surface area contributed by atoms with Gasteiger partial charge < -0.3 is 15.0 Å². The van der Waals surface area contributed by atoms with Gasteiger partial charge in [-0.05, 0) is 18.9 Å². The third kappa shape index (κ3) is 8.91. The zero-order valence-corrected chi connectivity index (χ0v) is 20.7. The van der Waals surface area contributed by atoms with Crippen LogP contribution in [0.15, 0.2) is 41.4 Å². The topological polar surface area (TPSA) is 43.3 Å². The van der Waals surface area contributed by atoms with Crippen LogP contribution in [-0.4, -0.2) is 99.3 Å². The van der Waals surface area contributed by atoms with E-state index < -0.39 is 0 Å². The van der Waals surface area contributed by atoms with E-state index in [1.807, 2.05) is 0 Å². The van der Waals surface area contributed by atoms with Crippen LogP contribution in [0, 0.1) is 0 Å². The van der Waals surface area contributed by atoms with Gasteiger partial charge in [0.1, 0.15) is 0 Å². The average Bonchev–Trinajstić information content (AvgIpc) is 2.78. The fourth-order valence-electron chi connectivity index (χ4n) is 3.77. The highest BCUT2D eigenvalue weighted by atomic mass is 127. The van der Waals surface area contributed by atoms with E-state index in [0.717, 1.165) is 91.0 Å². The highest BCUT2D eigenvalue weighted by Crippen LogP contribution is 2.05. The van der Waals surface area contributed by atoms with Crippen molar-refractivity contribution in [3.63, 3.8) is 0 Å². The Kier molecular flexibility index (Phi) is 12.4. The SMILES string of the molecule is CCNC(=NCCCN1CCOCC1)N1CCN(C/C=C/c2ccccc2)CC1.I. The monoisotopic (exact) mass is 527 g/mol. The summed E-state index contributed by atoms with van der Waals surface area (Å²) in [6.45, 7) is 14.2. The fraction of sp³-hybridized carbons (Fsp3) is 0.609. The summed E-state index contributed by atoms with van der Waals surface area (Å²) in [4.78, 5) is 12.3. The van der Waals surface area contributed by atoms with Crippen LogP contribution in [0.25, 0.3) is 6.08 Å². The molecule has 2 fully saturated rings. The first-order valence-corrected chi connectivity index (χ1v) is 11.1. The molecule has 7 heteroatoms. The van der Waals surface area contributed by atoms with E-state index in [9.17, 15) is 0 Å². The number of hydrogen-bond acceptors (Lipinski definition) is 4. The predicted molar refractivity (Wildman–Crippen MR) is 137 cm³/mol. The van der Waals surface area contributed by atoms with Crippen LogP contribution < -0.4 is 5.32 Å². The molecular weight excluding hydrogens is 489 g/mol. The van der Waals surface area contributed by atoms with Gasteiger partial charge in [-0.25, -0.2) is 0 Å². The molecule has 0 aliphatic carbocycles. The summed E-state index contributed by atoms with van der Waals surface area (Å²) in [5.41, 5.74) is 1.27. The summed E-state index contributed by atoms with van der Waals surface area (Å²) in [5.74, 6) is 1.08. The first kappa shape index (κ1) is 25.1. The molecule has 0 bridgehead atoms. The zero-order chi connectivity index (χ0) is 20.2. The highest BCUT2D eigenvalue weighted by molar-refractivity contribution is 14.0. The lowest BCUT2D eigenvalue weighted by Crippen LogP contribution is -2.52. The fourth-order valence-corrected chi connectivity index (χ4v) is 3.77. The predicted octanol–water partition coefficient (Wildman–Crippen LogP) is 2.62. The van der Waals surface area contributed by atoms with E-state index in [4.69, 9.17) is 9.73 Å². The van der Waals surface area contributed by atoms with Gasteiger partial charge in [0, 0.05) is 65.4 Å². The lowest BCUT2D eigenvalue weighted by Gasteiger charge is -2.36. The molecule has 0 atom stereocenters. The minimum Gasteiger partial charge on any atom is -0.379 e. The van der Waals surface area contributed by atoms with Crippen molar-refractivity contribution in [3.05, 3.63) is 42.0 Å². The van der Waals surface area contributed by atoms with Gasteiger partial charge in [-0.2, -0.15) is 0 Å². The standard InChI is InChI=1S/C23H37N5O.HI/c1-2-24-23(25-11-7-13-27-18-20-29-21-19-27)28-16-14-26(15-17-28)12-6-10-22-8-4-3-5-9-22;/h3-6,8-10H,2,7,11-21H2,1H3,(H,24,25);1H/b10-6+;. The average molecular weight is 527 g/mol. The Morgan fingerprint density at radius 1 is 1.03 bits per heavy atom. The molecule has 0 amide bonds. The van der Waals surface area contributed by atoms with E-state index in [-0.39, 0.29) is 24.0 Å². The van der Waals surface area contributed by atoms with Crippen molar-refractivity contribution < 1.29 is 4.74 Å². The Labute approximate surface area is 199 Å². The van der Waals surface area contributed by atoms with Gasteiger partial charge in [0.15, 0.2) is 5.96 Å². The largest absolute Gasteiger partial charge is 0.379 e. The smallest absolute Gasteiger partial charge is 0.194 e. The summed E-state index contributed by atoms with van der Waals surface area (Å²) in [6.07, 6.45) is 5.60. The molecule has 2 heterocycles. The molecule has 1 N–H and O–H groups in total. The number of benzene rings is 1. The summed E-state index contributed by atoms with van der Waals surface area (Å²) >= 11 is 0. The van der Waals surface area contributed by atoms with Crippen LogP contribution in [0.5, 0.6) is 0 Å². The Balaban J connectivity index is 0.00000320. The molecule has 0 spiro atoms. The number of rotatable bonds is 8. The van der Waals surface area contributed by atoms with Crippen molar-refractivity contribution in [2.24, 2.45) is 4.99 Å². The maximum Gasteiger partial charge on any atom is 0.194 e. The van der Waals surface area contributed by atoms with E-state index >= 15 is 0 Å². The summed E-state index contributed by atoms with van der Waals surface area (Å²) in [7, 11) is 0. The molecular formula is C23H38IN5O. The quantitative estimate of drug-likeness (QED) is 0.244. The first-order chi connectivity index (χ1) is 14.3. The second-order valence-corrected chi connectivity index (χ2v) is 7.64. The van der Waals surface area contributed by atoms with Crippen molar-refractivity contribution in [2.75, 3.05) is 78.7 Å². The number of nitrogens with zero attached hydrogens (tertiary/aromatic N) is 4. The van der Waals surface area contributed by atoms with Crippen molar-refractivity contribution in [1.82, 2.24) is 20.0 Å². The molecule has 168 valence electrons. The van der Waals surface area contributed by atoms with Crippen LogP contribution in [-0.2, 0) is 4.74 Å². The molecule has 1 aromatic rings. The molecule has 2 aliphatic heterocycles. The van der Waals surface area contributed by atoms with E-state index in [1.54, 1.807) is 0 Å². The van der Waals surface area contributed by atoms with Crippen molar-refractivity contribution in [1.29, 1.82) is 0 Å². The maximum atomic E-state index is 5.42. The van der Waals surface area contributed by atoms with Gasteiger partial charge in [0.05, 0.1) is 13.2 Å². The molecule has 0 radical (unpaired) electrons. The highest BCUT2D eigenvalue weighted by Gasteiger charge is 2.18. The maximum absolute atomic E-state index is 5.42. The van der Waals surface area contributed by atoms with Crippen LogP contribution in [0.2, 0.25) is 0 Å². The molecule has 6 nitrogen and oxygen atoms in total. The number of halogens is 1. The molecule has 0 saturated carbocycles. The van der Waals surface area contributed by atoms with Crippen LogP contribution >= 0.6 is 24.0 Å². The summed E-state index contributed by atoms with van der Waals surface area (Å²) in [6, 6.07) is 10.5. The number of piperazine rings is 1. The number of hydrogen-bond donors (Lipinski definition) is 1. The molecule has 2 saturated heterocycles. The number of ether oxygens (including phenoxy) is 1. The second kappa shape index (κ2) is 14.8. The van der Waals surface area contributed by atoms with Gasteiger partial charge >= 0.3 is 0 Å². The Bertz CT molecular complexity index is 626. The molecule has 0 aromatic heterocycles. The van der Waals surface area contributed by atoms with Gasteiger partial charge in [-0.15, -0.1) is 24.0 Å². The lowest BCUT2D eigenvalue weighted by atomic mass is 10.2. The number of aliphatic imine (C=N–C) groups is 1. The molecule has 3 rings (SSSR count). The Morgan fingerprint density at radius 3 is 2.47 bits per heavy atom. The molecule has 0 unspecified atom stereocenters. The number of nitrogens with one attached hydrogen (secondary N) is 1. The lowest BCUT2D eigenvalue weighted by molar-refractivity contribution is 0.0377. The second-order valence-electron chi connectivity index (χ2n) is 7.64. The third-order valence-electron chi connectivity index (χ3n) is 5.48. The third-order valence-corrected chi connectivity index (χ3v) is 5.48. The van der Waals surface area contributed by atoms with Gasteiger partial charge in [0.2, 0.25) is 0 Å². The molecule has 2 aliphatic rings.